The van der Waals surface area contributed by atoms with E-state index in [0.717, 1.165) is 17.7 Å². The normalized spacial score (nSPS) is 15.2. The van der Waals surface area contributed by atoms with Gasteiger partial charge < -0.3 is 19.7 Å². The van der Waals surface area contributed by atoms with E-state index in [1.165, 1.54) is 42.5 Å². The molecule has 0 radical (unpaired) electrons. The van der Waals surface area contributed by atoms with Gasteiger partial charge in [0.1, 0.15) is 29.2 Å². The third-order valence-electron chi connectivity index (χ3n) is 6.05. The smallest absolute Gasteiger partial charge is 0.256 e. The van der Waals surface area contributed by atoms with Gasteiger partial charge in [0.15, 0.2) is 5.11 Å². The fourth-order valence-corrected chi connectivity index (χ4v) is 4.52. The number of hydrogen-bond acceptors (Lipinski definition) is 6. The minimum Gasteiger partial charge on any atom is -0.497 e. The van der Waals surface area contributed by atoms with Crippen LogP contribution in [0, 0.1) is 5.82 Å². The van der Waals surface area contributed by atoms with Crippen LogP contribution >= 0.6 is 12.2 Å². The summed E-state index contributed by atoms with van der Waals surface area (Å²) in [4.78, 5) is 33.6. The van der Waals surface area contributed by atoms with Gasteiger partial charge in [0.25, 0.3) is 5.91 Å². The molecule has 0 saturated carbocycles. The highest BCUT2D eigenvalue weighted by Gasteiger charge is 2.43. The van der Waals surface area contributed by atoms with E-state index in [4.69, 9.17) is 21.7 Å². The second-order valence-corrected chi connectivity index (χ2v) is 8.79. The van der Waals surface area contributed by atoms with Crippen LogP contribution in [0.25, 0.3) is 0 Å². The largest absolute Gasteiger partial charge is 0.497 e. The number of carbonyl (C=O) groups excluding carboxylic acids is 2. The molecule has 1 unspecified atom stereocenters. The lowest BCUT2D eigenvalue weighted by atomic mass is 10.1. The van der Waals surface area contributed by atoms with Crippen LogP contribution in [-0.2, 0) is 16.0 Å². The number of halogens is 1. The third kappa shape index (κ3) is 6.21. The van der Waals surface area contributed by atoms with Crippen molar-refractivity contribution in [3.8, 4) is 11.5 Å². The molecule has 0 aliphatic carbocycles. The highest BCUT2D eigenvalue weighted by molar-refractivity contribution is 7.80. The van der Waals surface area contributed by atoms with Crippen molar-refractivity contribution in [2.75, 3.05) is 31.0 Å². The first-order valence-corrected chi connectivity index (χ1v) is 12.1. The number of ether oxygens (including phenoxy) is 2. The first-order valence-electron chi connectivity index (χ1n) is 11.7. The number of anilines is 2. The van der Waals surface area contributed by atoms with Crippen LogP contribution in [-0.4, -0.2) is 53.6 Å². The number of methoxy groups -OCH3 is 2. The van der Waals surface area contributed by atoms with Crippen molar-refractivity contribution >= 4 is 40.6 Å². The average molecular weight is 523 g/mol. The Balaban J connectivity index is 1.48. The predicted molar refractivity (Wildman–Crippen MR) is 142 cm³/mol. The number of amides is 2. The molecule has 0 spiro atoms. The maximum atomic E-state index is 13.5. The summed E-state index contributed by atoms with van der Waals surface area (Å²) in [6.07, 6.45) is 2.83. The van der Waals surface area contributed by atoms with E-state index in [9.17, 15) is 14.0 Å². The van der Waals surface area contributed by atoms with Gasteiger partial charge in [0.05, 0.1) is 32.5 Å². The molecule has 2 heterocycles. The molecule has 8 nitrogen and oxygen atoms in total. The molecule has 1 fully saturated rings. The van der Waals surface area contributed by atoms with Crippen LogP contribution in [0.3, 0.4) is 0 Å². The molecule has 1 aliphatic heterocycles. The Kier molecular flexibility index (Phi) is 8.29. The Morgan fingerprint density at radius 3 is 2.32 bits per heavy atom. The van der Waals surface area contributed by atoms with E-state index in [1.807, 2.05) is 24.3 Å². The minimum atomic E-state index is -0.799. The summed E-state index contributed by atoms with van der Waals surface area (Å²) in [7, 11) is 3.15. The number of aryl methyl sites for hydroxylation is 1. The first kappa shape index (κ1) is 26.0. The van der Waals surface area contributed by atoms with E-state index in [0.29, 0.717) is 30.2 Å². The summed E-state index contributed by atoms with van der Waals surface area (Å²) in [5, 5.41) is 3.01. The highest BCUT2D eigenvalue weighted by Crippen LogP contribution is 2.28. The molecule has 4 rings (SSSR count). The van der Waals surface area contributed by atoms with Crippen molar-refractivity contribution in [1.82, 2.24) is 9.88 Å². The van der Waals surface area contributed by atoms with Crippen molar-refractivity contribution < 1.29 is 23.5 Å². The number of carbonyl (C=O) groups is 2. The van der Waals surface area contributed by atoms with Gasteiger partial charge in [-0.15, -0.1) is 0 Å². The van der Waals surface area contributed by atoms with Gasteiger partial charge in [0, 0.05) is 6.54 Å². The molecule has 3 aromatic rings. The summed E-state index contributed by atoms with van der Waals surface area (Å²) in [5.41, 5.74) is 1.57. The molecule has 1 aromatic heterocycles. The molecule has 1 atom stereocenters. The lowest BCUT2D eigenvalue weighted by Crippen LogP contribution is -2.38. The number of pyridine rings is 1. The van der Waals surface area contributed by atoms with Crippen LogP contribution in [0.4, 0.5) is 15.9 Å². The maximum Gasteiger partial charge on any atom is 0.256 e. The minimum absolute atomic E-state index is 0.118. The molecular formula is C27H27FN4O4S. The number of aromatic nitrogens is 1. The second kappa shape index (κ2) is 11.8. The number of benzene rings is 2. The molecule has 10 heteroatoms. The summed E-state index contributed by atoms with van der Waals surface area (Å²) in [6, 6.07) is 15.8. The second-order valence-electron chi connectivity index (χ2n) is 8.43. The van der Waals surface area contributed by atoms with Crippen molar-refractivity contribution in [1.29, 1.82) is 0 Å². The van der Waals surface area contributed by atoms with E-state index in [1.54, 1.807) is 24.1 Å². The Morgan fingerprint density at radius 2 is 1.70 bits per heavy atom. The van der Waals surface area contributed by atoms with Crippen LogP contribution in [0.5, 0.6) is 11.5 Å². The highest BCUT2D eigenvalue weighted by atomic mass is 32.1. The molecule has 37 heavy (non-hydrogen) atoms. The Hall–Kier alpha value is -4.05. The lowest BCUT2D eigenvalue weighted by molar-refractivity contribution is -0.124. The Bertz CT molecular complexity index is 1250. The number of thiocarbonyl (C=S) groups is 1. The van der Waals surface area contributed by atoms with Gasteiger partial charge in [-0.05, 0) is 79.2 Å². The zero-order valence-electron chi connectivity index (χ0n) is 20.5. The monoisotopic (exact) mass is 522 g/mol. The van der Waals surface area contributed by atoms with Crippen LogP contribution < -0.4 is 19.7 Å². The van der Waals surface area contributed by atoms with E-state index >= 15 is 0 Å². The van der Waals surface area contributed by atoms with Gasteiger partial charge in [-0.1, -0.05) is 12.1 Å². The summed E-state index contributed by atoms with van der Waals surface area (Å²) >= 11 is 5.67. The summed E-state index contributed by atoms with van der Waals surface area (Å²) < 4.78 is 23.8. The quantitative estimate of drug-likeness (QED) is 0.400. The van der Waals surface area contributed by atoms with Gasteiger partial charge >= 0.3 is 0 Å². The maximum absolute atomic E-state index is 13.5. The van der Waals surface area contributed by atoms with E-state index in [-0.39, 0.29) is 23.3 Å². The van der Waals surface area contributed by atoms with Gasteiger partial charge in [-0.25, -0.2) is 9.37 Å². The molecule has 0 bridgehead atoms. The van der Waals surface area contributed by atoms with Crippen molar-refractivity contribution in [3.63, 3.8) is 0 Å². The predicted octanol–water partition coefficient (Wildman–Crippen LogP) is 4.20. The van der Waals surface area contributed by atoms with Crippen molar-refractivity contribution in [3.05, 3.63) is 78.2 Å². The SMILES string of the molecule is COc1ccc(CCCN2C(=S)N(c3ccc(F)cc3)C(=O)C2CC(=O)Nc2ccc(OC)cn2)cc1. The van der Waals surface area contributed by atoms with E-state index < -0.39 is 11.9 Å². The van der Waals surface area contributed by atoms with Gasteiger partial charge in [-0.3, -0.25) is 14.5 Å². The summed E-state index contributed by atoms with van der Waals surface area (Å²) in [6.45, 7) is 0.465. The fraction of sp³-hybridized carbons (Fsp3) is 0.259. The summed E-state index contributed by atoms with van der Waals surface area (Å²) in [5.74, 6) is 0.564. The Labute approximate surface area is 220 Å². The fourth-order valence-electron chi connectivity index (χ4n) is 4.11. The molecule has 2 amide bonds. The molecular weight excluding hydrogens is 495 g/mol. The third-order valence-corrected chi connectivity index (χ3v) is 6.46. The van der Waals surface area contributed by atoms with Crippen LogP contribution in [0.1, 0.15) is 18.4 Å². The first-order chi connectivity index (χ1) is 17.9. The van der Waals surface area contributed by atoms with E-state index in [2.05, 4.69) is 10.3 Å². The number of hydrogen-bond donors (Lipinski definition) is 1. The zero-order chi connectivity index (χ0) is 26.4. The van der Waals surface area contributed by atoms with Gasteiger partial charge in [-0.2, -0.15) is 0 Å². The number of rotatable bonds is 10. The molecule has 2 aromatic carbocycles. The molecule has 1 N–H and O–H groups in total. The lowest BCUT2D eigenvalue weighted by Gasteiger charge is -2.24. The Morgan fingerprint density at radius 1 is 1.03 bits per heavy atom. The topological polar surface area (TPSA) is 84.0 Å². The van der Waals surface area contributed by atoms with Crippen molar-refractivity contribution in [2.45, 2.75) is 25.3 Å². The van der Waals surface area contributed by atoms with Crippen molar-refractivity contribution in [2.24, 2.45) is 0 Å². The number of nitrogens with one attached hydrogen (secondary N) is 1. The molecule has 1 aliphatic rings. The standard InChI is InChI=1S/C27H27FN4O4S/c1-35-21-11-5-18(6-12-21)4-3-15-31-23(16-25(33)30-24-14-13-22(36-2)17-29-24)26(34)32(27(31)37)20-9-7-19(28)8-10-20/h5-14,17,23H,3-4,15-16H2,1-2H3,(H,29,30,33). The molecule has 1 saturated heterocycles. The van der Waals surface area contributed by atoms with Gasteiger partial charge in [0.2, 0.25) is 5.91 Å². The average Bonchev–Trinajstić information content (AvgIpc) is 3.14. The number of nitrogens with zero attached hydrogens (tertiary/aromatic N) is 3. The molecule has 192 valence electrons. The van der Waals surface area contributed by atoms with Crippen LogP contribution in [0.15, 0.2) is 66.9 Å². The zero-order valence-corrected chi connectivity index (χ0v) is 21.3. The van der Waals surface area contributed by atoms with Crippen LogP contribution in [0.2, 0.25) is 0 Å².